The van der Waals surface area contributed by atoms with Crippen LogP contribution in [0.1, 0.15) is 39.0 Å². The Hall–Kier alpha value is -0.0800. The number of rotatable bonds is 3. The minimum Gasteiger partial charge on any atom is -0.271 e. The third kappa shape index (κ3) is 1.50. The Kier molecular flexibility index (Phi) is 2.69. The van der Waals surface area contributed by atoms with Crippen LogP contribution in [0.25, 0.3) is 0 Å². The molecule has 1 saturated carbocycles. The van der Waals surface area contributed by atoms with Crippen molar-refractivity contribution in [3.63, 3.8) is 0 Å². The summed E-state index contributed by atoms with van der Waals surface area (Å²) in [5.74, 6) is 5.32. The van der Waals surface area contributed by atoms with Gasteiger partial charge >= 0.3 is 0 Å². The lowest BCUT2D eigenvalue weighted by Gasteiger charge is -2.26. The van der Waals surface area contributed by atoms with Gasteiger partial charge in [-0.1, -0.05) is 19.8 Å². The van der Waals surface area contributed by atoms with Crippen molar-refractivity contribution in [3.8, 4) is 0 Å². The first-order valence-electron chi connectivity index (χ1n) is 4.26. The van der Waals surface area contributed by atoms with Crippen molar-refractivity contribution in [2.24, 2.45) is 11.3 Å². The van der Waals surface area contributed by atoms with Crippen molar-refractivity contribution in [1.29, 1.82) is 0 Å². The van der Waals surface area contributed by atoms with E-state index in [1.165, 1.54) is 32.1 Å². The zero-order valence-corrected chi connectivity index (χ0v) is 6.82. The number of nitrogens with two attached hydrogens (primary N) is 1. The molecule has 0 amide bonds. The Morgan fingerprint density at radius 1 is 1.40 bits per heavy atom. The van der Waals surface area contributed by atoms with Gasteiger partial charge < -0.3 is 0 Å². The van der Waals surface area contributed by atoms with Crippen LogP contribution in [0, 0.1) is 5.41 Å². The molecule has 1 aliphatic rings. The summed E-state index contributed by atoms with van der Waals surface area (Å²) in [4.78, 5) is 0. The molecule has 0 heterocycles. The molecular formula is C8H18N2. The van der Waals surface area contributed by atoms with Crippen LogP contribution in [0.2, 0.25) is 0 Å². The highest BCUT2D eigenvalue weighted by Gasteiger charge is 2.30. The summed E-state index contributed by atoms with van der Waals surface area (Å²) in [7, 11) is 0. The molecule has 1 rings (SSSR count). The summed E-state index contributed by atoms with van der Waals surface area (Å²) < 4.78 is 0. The molecule has 0 atom stereocenters. The van der Waals surface area contributed by atoms with Crippen LogP contribution >= 0.6 is 0 Å². The van der Waals surface area contributed by atoms with Crippen molar-refractivity contribution >= 4 is 0 Å². The molecule has 2 heteroatoms. The van der Waals surface area contributed by atoms with Crippen LogP contribution in [-0.4, -0.2) is 6.54 Å². The summed E-state index contributed by atoms with van der Waals surface area (Å²) in [5, 5.41) is 0. The number of hydrazine groups is 1. The highest BCUT2D eigenvalue weighted by molar-refractivity contribution is 4.84. The average molecular weight is 142 g/mol. The molecule has 10 heavy (non-hydrogen) atoms. The molecule has 0 aromatic heterocycles. The number of hydrogen-bond acceptors (Lipinski definition) is 2. The minimum atomic E-state index is 0.550. The summed E-state index contributed by atoms with van der Waals surface area (Å²) in [6.45, 7) is 3.27. The average Bonchev–Trinajstić information content (AvgIpc) is 2.39. The van der Waals surface area contributed by atoms with E-state index < -0.39 is 0 Å². The summed E-state index contributed by atoms with van der Waals surface area (Å²) in [6.07, 6.45) is 6.81. The first-order valence-corrected chi connectivity index (χ1v) is 4.26. The third-order valence-electron chi connectivity index (χ3n) is 2.89. The van der Waals surface area contributed by atoms with Crippen LogP contribution in [0.4, 0.5) is 0 Å². The smallest absolute Gasteiger partial charge is 0.0154 e. The fourth-order valence-corrected chi connectivity index (χ4v) is 2.00. The molecule has 0 aromatic carbocycles. The van der Waals surface area contributed by atoms with Crippen LogP contribution in [0.5, 0.6) is 0 Å². The maximum Gasteiger partial charge on any atom is 0.0154 e. The van der Waals surface area contributed by atoms with E-state index in [0.717, 1.165) is 6.54 Å². The summed E-state index contributed by atoms with van der Waals surface area (Å²) >= 11 is 0. The SMILES string of the molecule is CCC1(CNN)CCCC1. The molecule has 0 unspecified atom stereocenters. The first kappa shape index (κ1) is 8.02. The van der Waals surface area contributed by atoms with Crippen molar-refractivity contribution < 1.29 is 0 Å². The van der Waals surface area contributed by atoms with Crippen molar-refractivity contribution in [2.45, 2.75) is 39.0 Å². The predicted molar refractivity (Wildman–Crippen MR) is 43.4 cm³/mol. The monoisotopic (exact) mass is 142 g/mol. The summed E-state index contributed by atoms with van der Waals surface area (Å²) in [5.41, 5.74) is 3.35. The largest absolute Gasteiger partial charge is 0.271 e. The van der Waals surface area contributed by atoms with E-state index >= 15 is 0 Å². The predicted octanol–water partition coefficient (Wildman–Crippen LogP) is 1.42. The second-order valence-corrected chi connectivity index (χ2v) is 3.44. The van der Waals surface area contributed by atoms with E-state index in [1.807, 2.05) is 0 Å². The lowest BCUT2D eigenvalue weighted by atomic mass is 9.84. The molecule has 0 aliphatic heterocycles. The number of hydrogen-bond donors (Lipinski definition) is 2. The zero-order chi connectivity index (χ0) is 7.45. The standard InChI is InChI=1S/C8H18N2/c1-2-8(7-10-9)5-3-4-6-8/h10H,2-7,9H2,1H3. The fourth-order valence-electron chi connectivity index (χ4n) is 2.00. The lowest BCUT2D eigenvalue weighted by molar-refractivity contribution is 0.270. The zero-order valence-electron chi connectivity index (χ0n) is 6.82. The van der Waals surface area contributed by atoms with Gasteiger partial charge in [-0.2, -0.15) is 0 Å². The maximum absolute atomic E-state index is 5.32. The second kappa shape index (κ2) is 3.35. The van der Waals surface area contributed by atoms with E-state index in [1.54, 1.807) is 0 Å². The minimum absolute atomic E-state index is 0.550. The molecule has 0 spiro atoms. The van der Waals surface area contributed by atoms with E-state index in [9.17, 15) is 0 Å². The highest BCUT2D eigenvalue weighted by Crippen LogP contribution is 2.39. The van der Waals surface area contributed by atoms with Gasteiger partial charge in [-0.25, -0.2) is 0 Å². The second-order valence-electron chi connectivity index (χ2n) is 3.44. The van der Waals surface area contributed by atoms with E-state index in [2.05, 4.69) is 12.3 Å². The Bertz CT molecular complexity index is 95.4. The van der Waals surface area contributed by atoms with Gasteiger partial charge in [0.25, 0.3) is 0 Å². The Morgan fingerprint density at radius 2 is 2.00 bits per heavy atom. The van der Waals surface area contributed by atoms with Crippen molar-refractivity contribution in [3.05, 3.63) is 0 Å². The number of nitrogens with one attached hydrogen (secondary N) is 1. The van der Waals surface area contributed by atoms with Gasteiger partial charge in [-0.15, -0.1) is 0 Å². The normalized spacial score (nSPS) is 23.4. The molecule has 0 saturated heterocycles. The van der Waals surface area contributed by atoms with Crippen LogP contribution in [0.15, 0.2) is 0 Å². The van der Waals surface area contributed by atoms with E-state index in [-0.39, 0.29) is 0 Å². The van der Waals surface area contributed by atoms with Crippen LogP contribution in [0.3, 0.4) is 0 Å². The maximum atomic E-state index is 5.32. The van der Waals surface area contributed by atoms with Gasteiger partial charge in [0.15, 0.2) is 0 Å². The van der Waals surface area contributed by atoms with Gasteiger partial charge in [-0.05, 0) is 24.7 Å². The van der Waals surface area contributed by atoms with E-state index in [4.69, 9.17) is 5.84 Å². The lowest BCUT2D eigenvalue weighted by Crippen LogP contribution is -2.35. The van der Waals surface area contributed by atoms with Gasteiger partial charge in [-0.3, -0.25) is 11.3 Å². The Morgan fingerprint density at radius 3 is 2.40 bits per heavy atom. The van der Waals surface area contributed by atoms with Gasteiger partial charge in [0.1, 0.15) is 0 Å². The first-order chi connectivity index (χ1) is 4.83. The Balaban J connectivity index is 2.41. The Labute approximate surface area is 63.1 Å². The molecule has 0 aromatic rings. The molecule has 3 N–H and O–H groups in total. The van der Waals surface area contributed by atoms with Crippen LogP contribution in [-0.2, 0) is 0 Å². The molecule has 0 bridgehead atoms. The quantitative estimate of drug-likeness (QED) is 0.462. The molecule has 1 aliphatic carbocycles. The molecule has 1 fully saturated rings. The highest BCUT2D eigenvalue weighted by atomic mass is 15.2. The third-order valence-corrected chi connectivity index (χ3v) is 2.89. The van der Waals surface area contributed by atoms with Gasteiger partial charge in [0.05, 0.1) is 0 Å². The molecule has 0 radical (unpaired) electrons. The van der Waals surface area contributed by atoms with Crippen molar-refractivity contribution in [1.82, 2.24) is 5.43 Å². The topological polar surface area (TPSA) is 38.0 Å². The fraction of sp³-hybridized carbons (Fsp3) is 1.00. The molecular weight excluding hydrogens is 124 g/mol. The van der Waals surface area contributed by atoms with Crippen LogP contribution < -0.4 is 11.3 Å². The van der Waals surface area contributed by atoms with Gasteiger partial charge in [0, 0.05) is 6.54 Å². The van der Waals surface area contributed by atoms with Crippen molar-refractivity contribution in [2.75, 3.05) is 6.54 Å². The van der Waals surface area contributed by atoms with Gasteiger partial charge in [0.2, 0.25) is 0 Å². The summed E-state index contributed by atoms with van der Waals surface area (Å²) in [6, 6.07) is 0. The molecule has 2 nitrogen and oxygen atoms in total. The van der Waals surface area contributed by atoms with E-state index in [0.29, 0.717) is 5.41 Å². The molecule has 60 valence electrons.